The third-order valence-electron chi connectivity index (χ3n) is 12.5. The van der Waals surface area contributed by atoms with Crippen LogP contribution in [0, 0.1) is 23.7 Å². The molecule has 0 bridgehead atoms. The van der Waals surface area contributed by atoms with Gasteiger partial charge in [0.25, 0.3) is 0 Å². The third kappa shape index (κ3) is 23.9. The van der Waals surface area contributed by atoms with E-state index in [9.17, 15) is 43.2 Å². The summed E-state index contributed by atoms with van der Waals surface area (Å²) in [6.45, 7) is 7.33. The molecule has 0 spiro atoms. The molecule has 1 aromatic carbocycles. The summed E-state index contributed by atoms with van der Waals surface area (Å²) in [7, 11) is 0. The van der Waals surface area contributed by atoms with Gasteiger partial charge in [0.1, 0.15) is 24.2 Å². The highest BCUT2D eigenvalue weighted by Crippen LogP contribution is 2.21. The third-order valence-corrected chi connectivity index (χ3v) is 12.5. The fourth-order valence-electron chi connectivity index (χ4n) is 8.62. The molecule has 1 heterocycles. The van der Waals surface area contributed by atoms with Crippen molar-refractivity contribution in [1.82, 2.24) is 37.2 Å². The monoisotopic (exact) mass is 1010 g/mol. The summed E-state index contributed by atoms with van der Waals surface area (Å²) in [6, 6.07) is 1.80. The van der Waals surface area contributed by atoms with Gasteiger partial charge in [0.05, 0.1) is 12.1 Å². The van der Waals surface area contributed by atoms with E-state index >= 15 is 0 Å². The first-order valence-electron chi connectivity index (χ1n) is 26.0. The molecule has 0 aliphatic carbocycles. The number of carbonyl (C=O) groups is 9. The number of carbonyl (C=O) groups excluding carboxylic acids is 9. The van der Waals surface area contributed by atoms with Crippen molar-refractivity contribution in [3.8, 4) is 0 Å². The number of aliphatic hydroxyl groups excluding tert-OH is 1. The van der Waals surface area contributed by atoms with Gasteiger partial charge in [-0.1, -0.05) is 77.3 Å². The summed E-state index contributed by atoms with van der Waals surface area (Å²) in [5, 5.41) is 28.3. The van der Waals surface area contributed by atoms with Crippen molar-refractivity contribution in [3.05, 3.63) is 35.9 Å². The largest absolute Gasteiger partial charge is 0.396 e. The average Bonchev–Trinajstić information content (AvgIpc) is 3.32. The maximum absolute atomic E-state index is 14.4. The summed E-state index contributed by atoms with van der Waals surface area (Å²) in [4.78, 5) is 126. The number of Topliss-reactive ketones (excluding diaryl/α,β-unsaturated/α-hetero) is 2. The van der Waals surface area contributed by atoms with Gasteiger partial charge in [-0.3, -0.25) is 43.2 Å². The number of amides is 7. The predicted molar refractivity (Wildman–Crippen MR) is 274 cm³/mol. The lowest BCUT2D eigenvalue weighted by Crippen LogP contribution is -2.59. The molecule has 1 fully saturated rings. The molecule has 0 radical (unpaired) electrons. The second kappa shape index (κ2) is 34.9. The summed E-state index contributed by atoms with van der Waals surface area (Å²) >= 11 is 0. The van der Waals surface area contributed by atoms with Gasteiger partial charge in [-0.25, -0.2) is 0 Å². The normalized spacial score (nSPS) is 23.0. The van der Waals surface area contributed by atoms with Crippen molar-refractivity contribution in [3.63, 3.8) is 0 Å². The number of aliphatic hydroxyl groups is 1. The van der Waals surface area contributed by atoms with E-state index in [0.717, 1.165) is 19.3 Å². The molecule has 8 atom stereocenters. The minimum absolute atomic E-state index is 0.00311. The van der Waals surface area contributed by atoms with Gasteiger partial charge in [-0.15, -0.1) is 0 Å². The standard InChI is InChI=1S/C51H87N11O10/c1-32(2)27-36-31-44(65)38(17-22-53)58-46(67)35(30-43(64)37(16-21-52)57-45(66)15-11-6-5-7-12-26-63)20-25-56-48(69)41(28-33(3)4)62-50(71)40(19-24-55)59-49(70)39(18-23-54)60-51(72)42(61-47(36)68)29-34-13-9-8-10-14-34/h8-10,13-14,32-33,35-42,63H,5-7,11-12,15-31,52-55H2,1-4H3,(H,56,69)(H,57,66)(H,58,67)(H,59,70)(H,60,72)(H,61,68)(H,62,71)/t35-,36+,37-,38+,39+,40+,41+,42+/m1/s1. The Hall–Kier alpha value is -5.35. The van der Waals surface area contributed by atoms with Crippen molar-refractivity contribution >= 4 is 52.9 Å². The molecule has 0 aromatic heterocycles. The van der Waals surface area contributed by atoms with Crippen LogP contribution in [-0.2, 0) is 49.6 Å². The predicted octanol–water partition coefficient (Wildman–Crippen LogP) is -0.371. The number of unbranched alkanes of at least 4 members (excludes halogenated alkanes) is 4. The highest BCUT2D eigenvalue weighted by molar-refractivity contribution is 5.98. The molecule has 16 N–H and O–H groups in total. The number of hydrogen-bond acceptors (Lipinski definition) is 14. The highest BCUT2D eigenvalue weighted by Gasteiger charge is 2.36. The van der Waals surface area contributed by atoms with Gasteiger partial charge < -0.3 is 65.3 Å². The van der Waals surface area contributed by atoms with Crippen LogP contribution in [0.1, 0.15) is 130 Å². The Bertz CT molecular complexity index is 1870. The summed E-state index contributed by atoms with van der Waals surface area (Å²) in [5.74, 6) is -7.81. The quantitative estimate of drug-likeness (QED) is 0.0557. The molecule has 72 heavy (non-hydrogen) atoms. The number of benzene rings is 1. The van der Waals surface area contributed by atoms with Gasteiger partial charge in [0, 0.05) is 50.7 Å². The maximum Gasteiger partial charge on any atom is 0.243 e. The van der Waals surface area contributed by atoms with Gasteiger partial charge in [0.15, 0.2) is 11.6 Å². The van der Waals surface area contributed by atoms with Crippen LogP contribution in [-0.4, -0.2) is 134 Å². The number of rotatable bonds is 25. The lowest BCUT2D eigenvalue weighted by Gasteiger charge is -2.27. The Kier molecular flexibility index (Phi) is 30.4. The first kappa shape index (κ1) is 62.8. The molecule has 1 aliphatic heterocycles. The zero-order chi connectivity index (χ0) is 53.6. The van der Waals surface area contributed by atoms with E-state index in [4.69, 9.17) is 28.0 Å². The van der Waals surface area contributed by atoms with Crippen LogP contribution in [0.2, 0.25) is 0 Å². The van der Waals surface area contributed by atoms with Crippen molar-refractivity contribution in [2.75, 3.05) is 39.3 Å². The Morgan fingerprint density at radius 2 is 1.12 bits per heavy atom. The fraction of sp³-hybridized carbons (Fsp3) is 0.706. The van der Waals surface area contributed by atoms with E-state index in [-0.39, 0.29) is 121 Å². The molecule has 1 saturated heterocycles. The second-order valence-corrected chi connectivity index (χ2v) is 19.7. The topological polar surface area (TPSA) is 362 Å². The first-order valence-corrected chi connectivity index (χ1v) is 26.0. The first-order chi connectivity index (χ1) is 34.4. The Labute approximate surface area is 425 Å². The van der Waals surface area contributed by atoms with E-state index in [1.54, 1.807) is 30.3 Å². The summed E-state index contributed by atoms with van der Waals surface area (Å²) in [5.41, 5.74) is 24.4. The van der Waals surface area contributed by atoms with Crippen LogP contribution in [0.4, 0.5) is 0 Å². The van der Waals surface area contributed by atoms with Crippen LogP contribution in [0.3, 0.4) is 0 Å². The average molecular weight is 1010 g/mol. The lowest BCUT2D eigenvalue weighted by atomic mass is 9.88. The van der Waals surface area contributed by atoms with Crippen molar-refractivity contribution < 1.29 is 48.3 Å². The number of hydrogen-bond donors (Lipinski definition) is 12. The molecule has 7 amide bonds. The number of nitrogens with two attached hydrogens (primary N) is 4. The number of nitrogens with one attached hydrogen (secondary N) is 7. The van der Waals surface area contributed by atoms with E-state index in [2.05, 4.69) is 37.2 Å². The van der Waals surface area contributed by atoms with Crippen LogP contribution in [0.25, 0.3) is 0 Å². The van der Waals surface area contributed by atoms with E-state index in [1.807, 2.05) is 27.7 Å². The Balaban J connectivity index is 2.67. The van der Waals surface area contributed by atoms with E-state index < -0.39 is 102 Å². The molecule has 0 unspecified atom stereocenters. The lowest BCUT2D eigenvalue weighted by molar-refractivity contribution is -0.136. The summed E-state index contributed by atoms with van der Waals surface area (Å²) in [6.07, 6.45) is 3.36. The summed E-state index contributed by atoms with van der Waals surface area (Å²) < 4.78 is 0. The van der Waals surface area contributed by atoms with Crippen molar-refractivity contribution in [2.24, 2.45) is 46.6 Å². The van der Waals surface area contributed by atoms with Crippen LogP contribution < -0.4 is 60.2 Å². The van der Waals surface area contributed by atoms with Gasteiger partial charge in [-0.2, -0.15) is 0 Å². The molecule has 2 rings (SSSR count). The van der Waals surface area contributed by atoms with E-state index in [1.165, 1.54) is 0 Å². The van der Waals surface area contributed by atoms with Crippen LogP contribution in [0.15, 0.2) is 30.3 Å². The molecule has 406 valence electrons. The second-order valence-electron chi connectivity index (χ2n) is 19.7. The molecule has 0 saturated carbocycles. The SMILES string of the molecule is CC(C)C[C@H]1CC(=O)[C@H](CCN)NC(=O)[C@@H](CC(=O)[C@@H](CCN)NC(=O)CCCCCCCO)CCNC(=O)[C@H](CC(C)C)NC(=O)[C@H](CCN)NC(=O)[C@H](CCN)NC(=O)[C@H](Cc2ccccc2)NC1=O. The fourth-order valence-corrected chi connectivity index (χ4v) is 8.62. The highest BCUT2D eigenvalue weighted by atomic mass is 16.3. The molecule has 21 nitrogen and oxygen atoms in total. The molecule has 1 aliphatic rings. The molecular weight excluding hydrogens is 927 g/mol. The van der Waals surface area contributed by atoms with Crippen molar-refractivity contribution in [2.45, 2.75) is 167 Å². The minimum atomic E-state index is -1.25. The Morgan fingerprint density at radius 1 is 0.611 bits per heavy atom. The van der Waals surface area contributed by atoms with Crippen molar-refractivity contribution in [1.29, 1.82) is 0 Å². The maximum atomic E-state index is 14.4. The molecule has 1 aromatic rings. The smallest absolute Gasteiger partial charge is 0.243 e. The van der Waals surface area contributed by atoms with E-state index in [0.29, 0.717) is 18.4 Å². The molecular formula is C51H87N11O10. The minimum Gasteiger partial charge on any atom is -0.396 e. The van der Waals surface area contributed by atoms with Crippen LogP contribution >= 0.6 is 0 Å². The zero-order valence-electron chi connectivity index (χ0n) is 43.1. The molecule has 21 heteroatoms. The van der Waals surface area contributed by atoms with Gasteiger partial charge in [0.2, 0.25) is 41.4 Å². The van der Waals surface area contributed by atoms with Crippen LogP contribution in [0.5, 0.6) is 0 Å². The number of ketones is 2. The van der Waals surface area contributed by atoms with Gasteiger partial charge in [-0.05, 0) is 101 Å². The zero-order valence-corrected chi connectivity index (χ0v) is 43.1. The van der Waals surface area contributed by atoms with Gasteiger partial charge >= 0.3 is 0 Å². The Morgan fingerprint density at radius 3 is 1.69 bits per heavy atom.